The zero-order valence-electron chi connectivity index (χ0n) is 12.2. The summed E-state index contributed by atoms with van der Waals surface area (Å²) in [7, 11) is 0. The van der Waals surface area contributed by atoms with Gasteiger partial charge >= 0.3 is 0 Å². The van der Waals surface area contributed by atoms with Crippen molar-refractivity contribution in [2.45, 2.75) is 25.2 Å². The summed E-state index contributed by atoms with van der Waals surface area (Å²) in [4.78, 5) is 20.4. The minimum Gasteiger partial charge on any atom is -0.504 e. The Labute approximate surface area is 131 Å². The maximum absolute atomic E-state index is 13.2. The molecule has 120 valence electrons. The highest BCUT2D eigenvalue weighted by molar-refractivity contribution is 5.96. The third-order valence-electron chi connectivity index (χ3n) is 3.64. The molecule has 1 aliphatic carbocycles. The fourth-order valence-corrected chi connectivity index (χ4v) is 2.20. The molecular weight excluding hydrogens is 304 g/mol. The average molecular weight is 319 g/mol. The van der Waals surface area contributed by atoms with Crippen LogP contribution >= 0.6 is 0 Å². The zero-order valence-corrected chi connectivity index (χ0v) is 12.2. The number of phenols is 1. The van der Waals surface area contributed by atoms with E-state index < -0.39 is 28.9 Å². The summed E-state index contributed by atoms with van der Waals surface area (Å²) in [6, 6.07) is 1.31. The third-order valence-corrected chi connectivity index (χ3v) is 3.64. The van der Waals surface area contributed by atoms with E-state index in [1.807, 2.05) is 0 Å². The molecule has 1 aromatic heterocycles. The normalized spacial score (nSPS) is 13.8. The number of amides is 1. The first kappa shape index (κ1) is 15.3. The Balaban J connectivity index is 1.56. The van der Waals surface area contributed by atoms with Crippen LogP contribution < -0.4 is 5.32 Å². The summed E-state index contributed by atoms with van der Waals surface area (Å²) in [5.74, 6) is -2.36. The number of carbonyl (C=O) groups is 1. The number of benzene rings is 1. The van der Waals surface area contributed by atoms with E-state index in [0.29, 0.717) is 18.4 Å². The highest BCUT2D eigenvalue weighted by atomic mass is 19.1. The Kier molecular flexibility index (Phi) is 4.18. The van der Waals surface area contributed by atoms with Gasteiger partial charge in [-0.1, -0.05) is 0 Å². The predicted molar refractivity (Wildman–Crippen MR) is 78.1 cm³/mol. The minimum atomic E-state index is -1.17. The molecule has 5 nitrogen and oxygen atoms in total. The van der Waals surface area contributed by atoms with Crippen molar-refractivity contribution >= 4 is 5.91 Å². The van der Waals surface area contributed by atoms with Gasteiger partial charge in [0.1, 0.15) is 11.6 Å². The van der Waals surface area contributed by atoms with Crippen LogP contribution in [0.3, 0.4) is 0 Å². The molecule has 3 rings (SSSR count). The van der Waals surface area contributed by atoms with E-state index in [1.54, 1.807) is 12.4 Å². The second-order valence-corrected chi connectivity index (χ2v) is 5.51. The molecule has 0 saturated heterocycles. The smallest absolute Gasteiger partial charge is 0.255 e. The van der Waals surface area contributed by atoms with Crippen molar-refractivity contribution in [2.75, 3.05) is 6.54 Å². The van der Waals surface area contributed by atoms with Gasteiger partial charge in [0.05, 0.1) is 5.56 Å². The van der Waals surface area contributed by atoms with Crippen LogP contribution in [0.5, 0.6) is 5.75 Å². The number of hydrogen-bond donors (Lipinski definition) is 2. The maximum Gasteiger partial charge on any atom is 0.255 e. The largest absolute Gasteiger partial charge is 0.504 e. The van der Waals surface area contributed by atoms with Gasteiger partial charge in [0, 0.05) is 30.9 Å². The Morgan fingerprint density at radius 3 is 2.61 bits per heavy atom. The lowest BCUT2D eigenvalue weighted by atomic mass is 10.1. The van der Waals surface area contributed by atoms with Crippen molar-refractivity contribution in [3.05, 3.63) is 53.1 Å². The molecule has 1 amide bonds. The molecule has 7 heteroatoms. The highest BCUT2D eigenvalue weighted by Crippen LogP contribution is 2.37. The first-order valence-corrected chi connectivity index (χ1v) is 7.31. The number of aromatic hydroxyl groups is 1. The van der Waals surface area contributed by atoms with Crippen LogP contribution in [0.2, 0.25) is 0 Å². The number of halogens is 2. The van der Waals surface area contributed by atoms with E-state index >= 15 is 0 Å². The van der Waals surface area contributed by atoms with E-state index in [2.05, 4.69) is 15.3 Å². The monoisotopic (exact) mass is 319 g/mol. The first-order chi connectivity index (χ1) is 11.0. The molecule has 1 heterocycles. The molecule has 2 N–H and O–H groups in total. The van der Waals surface area contributed by atoms with Gasteiger partial charge in [-0.3, -0.25) is 4.79 Å². The molecule has 23 heavy (non-hydrogen) atoms. The summed E-state index contributed by atoms with van der Waals surface area (Å²) >= 11 is 0. The van der Waals surface area contributed by atoms with Gasteiger partial charge in [0.15, 0.2) is 11.6 Å². The van der Waals surface area contributed by atoms with Crippen LogP contribution in [0.15, 0.2) is 24.5 Å². The summed E-state index contributed by atoms with van der Waals surface area (Å²) in [6.07, 6.45) is 6.17. The topological polar surface area (TPSA) is 75.1 Å². The Hall–Kier alpha value is -2.57. The molecule has 1 aliphatic rings. The van der Waals surface area contributed by atoms with Crippen molar-refractivity contribution in [1.29, 1.82) is 0 Å². The number of hydrogen-bond acceptors (Lipinski definition) is 4. The van der Waals surface area contributed by atoms with Crippen molar-refractivity contribution in [3.63, 3.8) is 0 Å². The molecule has 0 unspecified atom stereocenters. The number of nitrogens with one attached hydrogen (secondary N) is 1. The van der Waals surface area contributed by atoms with E-state index in [9.17, 15) is 18.7 Å². The number of phenolic OH excluding ortho intramolecular Hbond substituents is 1. The van der Waals surface area contributed by atoms with Crippen molar-refractivity contribution in [2.24, 2.45) is 0 Å². The molecule has 1 aromatic carbocycles. The number of aromatic nitrogens is 2. The van der Waals surface area contributed by atoms with Gasteiger partial charge in [-0.15, -0.1) is 0 Å². The fraction of sp³-hybridized carbons (Fsp3) is 0.312. The van der Waals surface area contributed by atoms with Crippen molar-refractivity contribution in [1.82, 2.24) is 15.3 Å². The van der Waals surface area contributed by atoms with Gasteiger partial charge in [-0.2, -0.15) is 0 Å². The molecule has 1 fully saturated rings. The van der Waals surface area contributed by atoms with Crippen LogP contribution in [0.25, 0.3) is 0 Å². The Morgan fingerprint density at radius 1 is 1.26 bits per heavy atom. The molecule has 1 saturated carbocycles. The fourth-order valence-electron chi connectivity index (χ4n) is 2.20. The molecule has 0 aliphatic heterocycles. The molecule has 0 radical (unpaired) electrons. The lowest BCUT2D eigenvalue weighted by Gasteiger charge is -2.08. The molecule has 0 atom stereocenters. The third kappa shape index (κ3) is 3.61. The molecule has 0 spiro atoms. The lowest BCUT2D eigenvalue weighted by Crippen LogP contribution is -2.26. The van der Waals surface area contributed by atoms with Crippen LogP contribution in [-0.2, 0) is 6.42 Å². The maximum atomic E-state index is 13.2. The quantitative estimate of drug-likeness (QED) is 0.887. The summed E-state index contributed by atoms with van der Waals surface area (Å²) < 4.78 is 26.3. The zero-order chi connectivity index (χ0) is 16.4. The van der Waals surface area contributed by atoms with Gasteiger partial charge in [-0.25, -0.2) is 18.7 Å². The lowest BCUT2D eigenvalue weighted by molar-refractivity contribution is 0.0950. The standard InChI is InChI=1S/C16H15F2N3O2/c17-11-5-12(14(22)13(18)6-11)16(23)19-4-3-9-7-20-15(21-8-9)10-1-2-10/h5-8,10,22H,1-4H2,(H,19,23). The second-order valence-electron chi connectivity index (χ2n) is 5.51. The summed E-state index contributed by atoms with van der Waals surface area (Å²) in [5, 5.41) is 12.0. The summed E-state index contributed by atoms with van der Waals surface area (Å²) in [6.45, 7) is 0.239. The van der Waals surface area contributed by atoms with Crippen LogP contribution in [-0.4, -0.2) is 27.5 Å². The van der Waals surface area contributed by atoms with Gasteiger partial charge in [0.2, 0.25) is 0 Å². The SMILES string of the molecule is O=C(NCCc1cnc(C2CC2)nc1)c1cc(F)cc(F)c1O. The predicted octanol–water partition coefficient (Wildman–Crippen LogP) is 2.31. The van der Waals surface area contributed by atoms with E-state index in [0.717, 1.165) is 30.3 Å². The van der Waals surface area contributed by atoms with Gasteiger partial charge < -0.3 is 10.4 Å². The molecule has 2 aromatic rings. The number of nitrogens with zero attached hydrogens (tertiary/aromatic N) is 2. The molecular formula is C16H15F2N3O2. The minimum absolute atomic E-state index is 0.239. The Bertz CT molecular complexity index is 731. The van der Waals surface area contributed by atoms with Gasteiger partial charge in [0.25, 0.3) is 5.91 Å². The highest BCUT2D eigenvalue weighted by Gasteiger charge is 2.26. The first-order valence-electron chi connectivity index (χ1n) is 7.31. The Morgan fingerprint density at radius 2 is 1.96 bits per heavy atom. The van der Waals surface area contributed by atoms with Crippen LogP contribution in [0.4, 0.5) is 8.78 Å². The van der Waals surface area contributed by atoms with E-state index in [1.165, 1.54) is 0 Å². The van der Waals surface area contributed by atoms with E-state index in [-0.39, 0.29) is 6.54 Å². The number of rotatable bonds is 5. The van der Waals surface area contributed by atoms with Crippen LogP contribution in [0.1, 0.15) is 40.5 Å². The van der Waals surface area contributed by atoms with Crippen molar-refractivity contribution < 1.29 is 18.7 Å². The van der Waals surface area contributed by atoms with E-state index in [4.69, 9.17) is 0 Å². The summed E-state index contributed by atoms with van der Waals surface area (Å²) in [5.41, 5.74) is 0.423. The van der Waals surface area contributed by atoms with Crippen LogP contribution in [0, 0.1) is 11.6 Å². The molecule has 0 bridgehead atoms. The van der Waals surface area contributed by atoms with Crippen molar-refractivity contribution in [3.8, 4) is 5.75 Å². The van der Waals surface area contributed by atoms with Gasteiger partial charge in [-0.05, 0) is 30.9 Å². The number of carbonyl (C=O) groups excluding carboxylic acids is 1. The second kappa shape index (κ2) is 6.28. The average Bonchev–Trinajstić information content (AvgIpc) is 3.36.